The van der Waals surface area contributed by atoms with E-state index in [0.717, 1.165) is 55.2 Å². The third-order valence-electron chi connectivity index (χ3n) is 6.42. The number of rotatable bonds is 10. The number of Topliss-reactive ketones (excluding diaryl/α,β-unsaturated/α-hetero) is 1. The van der Waals surface area contributed by atoms with Crippen LogP contribution in [0, 0.1) is 25.2 Å². The van der Waals surface area contributed by atoms with Crippen molar-refractivity contribution in [3.63, 3.8) is 0 Å². The van der Waals surface area contributed by atoms with Gasteiger partial charge in [-0.2, -0.15) is 0 Å². The average Bonchev–Trinajstić information content (AvgIpc) is 2.69. The lowest BCUT2D eigenvalue weighted by Gasteiger charge is -2.35. The molecule has 31 heavy (non-hydrogen) atoms. The number of hydrogen-bond donors (Lipinski definition) is 0. The monoisotopic (exact) mass is 428 g/mol. The molecule has 0 saturated carbocycles. The van der Waals surface area contributed by atoms with Gasteiger partial charge in [-0.05, 0) is 49.1 Å². The Morgan fingerprint density at radius 3 is 2.48 bits per heavy atom. The second-order valence-corrected chi connectivity index (χ2v) is 9.53. The van der Waals surface area contributed by atoms with E-state index in [2.05, 4.69) is 33.8 Å². The first kappa shape index (κ1) is 25.2. The van der Waals surface area contributed by atoms with Crippen molar-refractivity contribution in [2.75, 3.05) is 6.61 Å². The van der Waals surface area contributed by atoms with Crippen LogP contribution < -0.4 is 0 Å². The molecule has 2 atom stereocenters. The van der Waals surface area contributed by atoms with Crippen molar-refractivity contribution in [1.29, 1.82) is 0 Å². The quantitative estimate of drug-likeness (QED) is 0.361. The second-order valence-electron chi connectivity index (χ2n) is 9.53. The first-order valence-corrected chi connectivity index (χ1v) is 11.9. The Kier molecular flexibility index (Phi) is 9.33. The lowest BCUT2D eigenvalue weighted by molar-refractivity contribution is -0.116. The molecule has 0 radical (unpaired) electrons. The summed E-state index contributed by atoms with van der Waals surface area (Å²) in [6, 6.07) is 6.02. The highest BCUT2D eigenvalue weighted by molar-refractivity contribution is 6.22. The Morgan fingerprint density at radius 2 is 1.87 bits per heavy atom. The number of ketones is 1. The first-order chi connectivity index (χ1) is 14.7. The van der Waals surface area contributed by atoms with Crippen LogP contribution in [0.15, 0.2) is 24.0 Å². The number of hydrogen-bond acceptors (Lipinski definition) is 4. The molecule has 4 nitrogen and oxygen atoms in total. The molecule has 1 aliphatic rings. The van der Waals surface area contributed by atoms with Crippen LogP contribution in [-0.4, -0.2) is 18.5 Å². The zero-order valence-electron chi connectivity index (χ0n) is 20.3. The predicted octanol–water partition coefficient (Wildman–Crippen LogP) is 7.55. The summed E-state index contributed by atoms with van der Waals surface area (Å²) in [5.74, 6) is 0.857. The molecular formula is C27H40O4. The Balaban J connectivity index is 2.29. The summed E-state index contributed by atoms with van der Waals surface area (Å²) >= 11 is 0. The van der Waals surface area contributed by atoms with Crippen molar-refractivity contribution >= 4 is 17.5 Å². The summed E-state index contributed by atoms with van der Waals surface area (Å²) in [5, 5.41) is 0. The summed E-state index contributed by atoms with van der Waals surface area (Å²) in [4.78, 5) is 25.9. The van der Waals surface area contributed by atoms with Crippen LogP contribution in [0.25, 0.3) is 5.57 Å². The van der Waals surface area contributed by atoms with E-state index in [9.17, 15) is 9.59 Å². The minimum absolute atomic E-state index is 0.0475. The predicted molar refractivity (Wildman–Crippen MR) is 126 cm³/mol. The van der Waals surface area contributed by atoms with Crippen LogP contribution in [0.3, 0.4) is 0 Å². The Bertz CT molecular complexity index is 807. The standard InChI is InChI=1S/C27H40O4/c1-7-10-11-21(9-3)18-30-26(29)31-24-17-27(6,14-8-2)16-23(28)25(24)22-13-12-19(4)15-20(22)5/h12-13,15,21H,7-11,14,16-18H2,1-6H3. The van der Waals surface area contributed by atoms with E-state index in [1.165, 1.54) is 0 Å². The molecule has 0 N–H and O–H groups in total. The molecule has 0 amide bonds. The zero-order chi connectivity index (χ0) is 23.0. The van der Waals surface area contributed by atoms with Crippen molar-refractivity contribution < 1.29 is 19.1 Å². The third-order valence-corrected chi connectivity index (χ3v) is 6.42. The third kappa shape index (κ3) is 6.95. The van der Waals surface area contributed by atoms with Crippen LogP contribution in [0.4, 0.5) is 4.79 Å². The number of ether oxygens (including phenoxy) is 2. The van der Waals surface area contributed by atoms with Gasteiger partial charge in [0, 0.05) is 12.8 Å². The van der Waals surface area contributed by atoms with Crippen molar-refractivity contribution in [3.05, 3.63) is 40.6 Å². The maximum absolute atomic E-state index is 13.3. The van der Waals surface area contributed by atoms with Gasteiger partial charge in [-0.3, -0.25) is 4.79 Å². The SMILES string of the molecule is CCCCC(CC)COC(=O)OC1=C(c2ccc(C)cc2C)C(=O)CC(C)(CCC)C1. The molecule has 172 valence electrons. The molecule has 0 heterocycles. The lowest BCUT2D eigenvalue weighted by Crippen LogP contribution is -2.30. The maximum Gasteiger partial charge on any atom is 0.513 e. The Morgan fingerprint density at radius 1 is 1.13 bits per heavy atom. The first-order valence-electron chi connectivity index (χ1n) is 11.9. The summed E-state index contributed by atoms with van der Waals surface area (Å²) in [6.45, 7) is 12.9. The van der Waals surface area contributed by atoms with Crippen molar-refractivity contribution in [1.82, 2.24) is 0 Å². The molecule has 0 bridgehead atoms. The van der Waals surface area contributed by atoms with E-state index >= 15 is 0 Å². The maximum atomic E-state index is 13.3. The summed E-state index contributed by atoms with van der Waals surface area (Å²) in [7, 11) is 0. The fourth-order valence-corrected chi connectivity index (χ4v) is 4.65. The van der Waals surface area contributed by atoms with Gasteiger partial charge in [0.05, 0.1) is 12.2 Å². The van der Waals surface area contributed by atoms with E-state index in [1.54, 1.807) is 0 Å². The minimum atomic E-state index is -0.694. The Labute approximate surface area is 188 Å². The normalized spacial score (nSPS) is 20.0. The van der Waals surface area contributed by atoms with Crippen LogP contribution >= 0.6 is 0 Å². The summed E-state index contributed by atoms with van der Waals surface area (Å²) in [6.07, 6.45) is 6.51. The van der Waals surface area contributed by atoms with Gasteiger partial charge in [-0.1, -0.05) is 77.1 Å². The van der Waals surface area contributed by atoms with Crippen molar-refractivity contribution in [2.45, 2.75) is 92.9 Å². The molecule has 0 saturated heterocycles. The largest absolute Gasteiger partial charge is 0.513 e. The van der Waals surface area contributed by atoms with E-state index in [1.807, 2.05) is 26.0 Å². The highest BCUT2D eigenvalue weighted by Gasteiger charge is 2.38. The van der Waals surface area contributed by atoms with Gasteiger partial charge in [0.15, 0.2) is 5.78 Å². The van der Waals surface area contributed by atoms with E-state index in [-0.39, 0.29) is 11.2 Å². The van der Waals surface area contributed by atoms with Crippen LogP contribution in [0.5, 0.6) is 0 Å². The van der Waals surface area contributed by atoms with Gasteiger partial charge >= 0.3 is 6.16 Å². The molecule has 2 unspecified atom stereocenters. The average molecular weight is 429 g/mol. The molecule has 1 aromatic carbocycles. The summed E-state index contributed by atoms with van der Waals surface area (Å²) in [5.41, 5.74) is 3.35. The molecule has 1 aromatic rings. The second kappa shape index (κ2) is 11.5. The fraction of sp³-hybridized carbons (Fsp3) is 0.630. The van der Waals surface area contributed by atoms with Crippen LogP contribution in [-0.2, 0) is 14.3 Å². The smallest absolute Gasteiger partial charge is 0.434 e. The van der Waals surface area contributed by atoms with Gasteiger partial charge in [0.1, 0.15) is 5.76 Å². The van der Waals surface area contributed by atoms with Crippen molar-refractivity contribution in [3.8, 4) is 0 Å². The van der Waals surface area contributed by atoms with Gasteiger partial charge in [0.25, 0.3) is 0 Å². The van der Waals surface area contributed by atoms with Gasteiger partial charge in [-0.25, -0.2) is 4.79 Å². The number of benzene rings is 1. The summed E-state index contributed by atoms with van der Waals surface area (Å²) < 4.78 is 11.2. The molecule has 0 spiro atoms. The topological polar surface area (TPSA) is 52.6 Å². The minimum Gasteiger partial charge on any atom is -0.434 e. The zero-order valence-corrected chi connectivity index (χ0v) is 20.3. The van der Waals surface area contributed by atoms with Crippen LogP contribution in [0.2, 0.25) is 0 Å². The Hall–Kier alpha value is -2.10. The van der Waals surface area contributed by atoms with Crippen molar-refractivity contribution in [2.24, 2.45) is 11.3 Å². The van der Waals surface area contributed by atoms with E-state index < -0.39 is 6.16 Å². The fourth-order valence-electron chi connectivity index (χ4n) is 4.65. The van der Waals surface area contributed by atoms with Gasteiger partial charge in [-0.15, -0.1) is 0 Å². The molecular weight excluding hydrogens is 388 g/mol. The lowest BCUT2D eigenvalue weighted by atomic mass is 9.71. The van der Waals surface area contributed by atoms with E-state index in [4.69, 9.17) is 9.47 Å². The molecule has 0 fully saturated rings. The number of unbranched alkanes of at least 4 members (excludes halogenated alkanes) is 1. The highest BCUT2D eigenvalue weighted by atomic mass is 16.7. The number of allylic oxidation sites excluding steroid dienone is 2. The molecule has 2 rings (SSSR count). The van der Waals surface area contributed by atoms with Gasteiger partial charge in [0.2, 0.25) is 0 Å². The number of carbonyl (C=O) groups is 2. The molecule has 4 heteroatoms. The number of carbonyl (C=O) groups excluding carboxylic acids is 2. The number of aryl methyl sites for hydroxylation is 2. The molecule has 0 aliphatic heterocycles. The van der Waals surface area contributed by atoms with Crippen LogP contribution in [0.1, 0.15) is 95.8 Å². The highest BCUT2D eigenvalue weighted by Crippen LogP contribution is 2.44. The molecule has 1 aliphatic carbocycles. The van der Waals surface area contributed by atoms with E-state index in [0.29, 0.717) is 36.7 Å². The molecule has 0 aromatic heterocycles. The van der Waals surface area contributed by atoms with Gasteiger partial charge < -0.3 is 9.47 Å².